The normalized spacial score (nSPS) is 20.5. The summed E-state index contributed by atoms with van der Waals surface area (Å²) in [4.78, 5) is 25.3. The van der Waals surface area contributed by atoms with E-state index in [-0.39, 0.29) is 29.2 Å². The number of halogens is 5. The molecule has 184 valence electrons. The molecule has 0 radical (unpaired) electrons. The first-order valence-corrected chi connectivity index (χ1v) is 11.5. The summed E-state index contributed by atoms with van der Waals surface area (Å²) in [6.45, 7) is -0.290. The Kier molecular flexibility index (Phi) is 7.50. The quantitative estimate of drug-likeness (QED) is 0.525. The van der Waals surface area contributed by atoms with E-state index in [4.69, 9.17) is 11.6 Å². The van der Waals surface area contributed by atoms with Gasteiger partial charge in [-0.2, -0.15) is 30.6 Å². The molecule has 0 saturated carbocycles. The summed E-state index contributed by atoms with van der Waals surface area (Å²) < 4.78 is 79.7. The monoisotopic (exact) mass is 522 g/mol. The van der Waals surface area contributed by atoms with E-state index in [1.807, 2.05) is 0 Å². The second-order valence-electron chi connectivity index (χ2n) is 7.48. The summed E-state index contributed by atoms with van der Waals surface area (Å²) in [6, 6.07) is 5.03. The van der Waals surface area contributed by atoms with Crippen molar-refractivity contribution in [1.29, 1.82) is 0 Å². The lowest BCUT2D eigenvalue weighted by Crippen LogP contribution is -2.62. The van der Waals surface area contributed by atoms with Crippen molar-refractivity contribution in [2.24, 2.45) is 0 Å². The molecule has 1 fully saturated rings. The minimum Gasteiger partial charge on any atom is -0.351 e. The van der Waals surface area contributed by atoms with Gasteiger partial charge in [0.05, 0.1) is 10.6 Å². The Bertz CT molecular complexity index is 1210. The lowest BCUT2D eigenvalue weighted by Gasteiger charge is -2.35. The molecule has 8 nitrogen and oxygen atoms in total. The van der Waals surface area contributed by atoms with E-state index in [0.717, 1.165) is 35.6 Å². The van der Waals surface area contributed by atoms with Crippen molar-refractivity contribution >= 4 is 39.3 Å². The Morgan fingerprint density at radius 2 is 1.88 bits per heavy atom. The highest BCUT2D eigenvalue weighted by molar-refractivity contribution is 7.87. The number of amides is 2. The van der Waals surface area contributed by atoms with Crippen molar-refractivity contribution in [3.63, 3.8) is 0 Å². The van der Waals surface area contributed by atoms with E-state index in [9.17, 15) is 35.6 Å². The molecule has 34 heavy (non-hydrogen) atoms. The number of likely N-dealkylation sites (N-methyl/N-ethyl adjacent to an activating group) is 1. The van der Waals surface area contributed by atoms with E-state index in [2.05, 4.69) is 15.4 Å². The summed E-state index contributed by atoms with van der Waals surface area (Å²) in [5.74, 6) is -2.32. The van der Waals surface area contributed by atoms with E-state index in [1.54, 1.807) is 0 Å². The summed E-state index contributed by atoms with van der Waals surface area (Å²) in [6.07, 6.45) is -4.83. The van der Waals surface area contributed by atoms with Crippen LogP contribution in [0.5, 0.6) is 0 Å². The van der Waals surface area contributed by atoms with E-state index in [1.165, 1.54) is 18.2 Å². The zero-order valence-corrected chi connectivity index (χ0v) is 19.1. The van der Waals surface area contributed by atoms with Gasteiger partial charge in [-0.05, 0) is 42.3 Å². The molecule has 1 aliphatic rings. The maximum absolute atomic E-state index is 13.3. The SMILES string of the molecule is CN1C(C(=O)Nc2ccc(F)c(Cl)c2)CC(C(=O)NCc2cccc(C(F)(F)F)c2)NS1(=O)=O. The van der Waals surface area contributed by atoms with E-state index >= 15 is 0 Å². The Balaban J connectivity index is 1.70. The van der Waals surface area contributed by atoms with Crippen LogP contribution >= 0.6 is 11.6 Å². The maximum atomic E-state index is 13.3. The predicted octanol–water partition coefficient (Wildman–Crippen LogP) is 2.66. The number of anilines is 1. The summed E-state index contributed by atoms with van der Waals surface area (Å²) in [7, 11) is -3.10. The Morgan fingerprint density at radius 1 is 1.18 bits per heavy atom. The first-order chi connectivity index (χ1) is 15.8. The molecule has 1 heterocycles. The van der Waals surface area contributed by atoms with Crippen LogP contribution in [0.25, 0.3) is 0 Å². The molecule has 2 unspecified atom stereocenters. The van der Waals surface area contributed by atoms with Crippen molar-refractivity contribution in [1.82, 2.24) is 14.3 Å². The number of carbonyl (C=O) groups excluding carboxylic acids is 2. The zero-order valence-electron chi connectivity index (χ0n) is 17.5. The number of carbonyl (C=O) groups is 2. The van der Waals surface area contributed by atoms with Gasteiger partial charge in [0.25, 0.3) is 10.2 Å². The molecule has 14 heteroatoms. The third kappa shape index (κ3) is 6.03. The Labute approximate surface area is 197 Å². The number of nitrogens with zero attached hydrogens (tertiary/aromatic N) is 1. The molecular formula is C20H19ClF4N4O4S. The molecule has 2 aromatic rings. The smallest absolute Gasteiger partial charge is 0.351 e. The largest absolute Gasteiger partial charge is 0.416 e. The number of nitrogens with one attached hydrogen (secondary N) is 3. The number of rotatable bonds is 5. The van der Waals surface area contributed by atoms with Crippen LogP contribution in [-0.4, -0.2) is 43.7 Å². The molecule has 2 amide bonds. The van der Waals surface area contributed by atoms with Crippen molar-refractivity contribution in [2.45, 2.75) is 31.2 Å². The van der Waals surface area contributed by atoms with Crippen LogP contribution in [0.3, 0.4) is 0 Å². The summed E-state index contributed by atoms with van der Waals surface area (Å²) in [5.41, 5.74) is -0.621. The van der Waals surface area contributed by atoms with Crippen molar-refractivity contribution in [2.75, 3.05) is 12.4 Å². The van der Waals surface area contributed by atoms with Crippen molar-refractivity contribution in [3.8, 4) is 0 Å². The number of hydrogen-bond donors (Lipinski definition) is 3. The highest BCUT2D eigenvalue weighted by atomic mass is 35.5. The van der Waals surface area contributed by atoms with Crippen LogP contribution in [-0.2, 0) is 32.5 Å². The minimum atomic E-state index is -4.56. The molecule has 3 N–H and O–H groups in total. The molecule has 0 spiro atoms. The van der Waals surface area contributed by atoms with Gasteiger partial charge in [0.15, 0.2) is 0 Å². The van der Waals surface area contributed by atoms with Gasteiger partial charge < -0.3 is 10.6 Å². The molecule has 0 bridgehead atoms. The van der Waals surface area contributed by atoms with Gasteiger partial charge in [0.1, 0.15) is 17.9 Å². The van der Waals surface area contributed by atoms with Gasteiger partial charge in [0.2, 0.25) is 11.8 Å². The van der Waals surface area contributed by atoms with Gasteiger partial charge in [-0.25, -0.2) is 4.39 Å². The highest BCUT2D eigenvalue weighted by Crippen LogP contribution is 2.29. The van der Waals surface area contributed by atoms with Gasteiger partial charge in [-0.15, -0.1) is 0 Å². The molecular weight excluding hydrogens is 504 g/mol. The van der Waals surface area contributed by atoms with E-state index in [0.29, 0.717) is 0 Å². The van der Waals surface area contributed by atoms with Crippen LogP contribution in [0.4, 0.5) is 23.2 Å². The van der Waals surface area contributed by atoms with Crippen molar-refractivity contribution < 1.29 is 35.6 Å². The second-order valence-corrected chi connectivity index (χ2v) is 9.65. The molecule has 0 aromatic heterocycles. The van der Waals surface area contributed by atoms with Crippen LogP contribution in [0.1, 0.15) is 17.5 Å². The molecule has 1 aliphatic heterocycles. The highest BCUT2D eigenvalue weighted by Gasteiger charge is 2.42. The number of alkyl halides is 3. The summed E-state index contributed by atoms with van der Waals surface area (Å²) in [5, 5.41) is 4.55. The number of hydrogen-bond acceptors (Lipinski definition) is 4. The van der Waals surface area contributed by atoms with Crippen LogP contribution < -0.4 is 15.4 Å². The lowest BCUT2D eigenvalue weighted by molar-refractivity contribution is -0.137. The second kappa shape index (κ2) is 9.86. The molecule has 1 saturated heterocycles. The Hall–Kier alpha value is -2.74. The van der Waals surface area contributed by atoms with Gasteiger partial charge >= 0.3 is 6.18 Å². The van der Waals surface area contributed by atoms with Gasteiger partial charge in [-0.3, -0.25) is 9.59 Å². The number of benzene rings is 2. The average Bonchev–Trinajstić information content (AvgIpc) is 2.75. The van der Waals surface area contributed by atoms with E-state index < -0.39 is 51.7 Å². The fourth-order valence-electron chi connectivity index (χ4n) is 3.25. The molecule has 2 aromatic carbocycles. The molecule has 3 rings (SSSR count). The van der Waals surface area contributed by atoms with Gasteiger partial charge in [0, 0.05) is 19.3 Å². The molecule has 0 aliphatic carbocycles. The lowest BCUT2D eigenvalue weighted by atomic mass is 10.1. The van der Waals surface area contributed by atoms with Crippen molar-refractivity contribution in [3.05, 3.63) is 64.4 Å². The maximum Gasteiger partial charge on any atom is 0.416 e. The van der Waals surface area contributed by atoms with Crippen LogP contribution in [0.2, 0.25) is 5.02 Å². The summed E-state index contributed by atoms with van der Waals surface area (Å²) >= 11 is 5.68. The molecule has 2 atom stereocenters. The minimum absolute atomic E-state index is 0.117. The topological polar surface area (TPSA) is 108 Å². The first-order valence-electron chi connectivity index (χ1n) is 9.73. The van der Waals surface area contributed by atoms with Gasteiger partial charge in [-0.1, -0.05) is 23.7 Å². The fourth-order valence-corrected chi connectivity index (χ4v) is 4.68. The standard InChI is InChI=1S/C20H19ClF4N4O4S/c1-29-17(19(31)27-13-5-6-15(22)14(21)8-13)9-16(28-34(29,32)33)18(30)26-10-11-3-2-4-12(7-11)20(23,24)25/h2-8,16-17,28H,9-10H2,1H3,(H,26,30)(H,27,31). The third-order valence-corrected chi connectivity index (χ3v) is 6.98. The first kappa shape index (κ1) is 25.9. The predicted molar refractivity (Wildman–Crippen MR) is 115 cm³/mol. The zero-order chi connectivity index (χ0) is 25.3. The van der Waals surface area contributed by atoms with Crippen LogP contribution in [0.15, 0.2) is 42.5 Å². The van der Waals surface area contributed by atoms with Crippen LogP contribution in [0, 0.1) is 5.82 Å². The average molecular weight is 523 g/mol. The Morgan fingerprint density at radius 3 is 2.53 bits per heavy atom. The fraction of sp³-hybridized carbons (Fsp3) is 0.300. The third-order valence-electron chi connectivity index (χ3n) is 5.10.